The van der Waals surface area contributed by atoms with Crippen molar-refractivity contribution in [3.8, 4) is 0 Å². The Morgan fingerprint density at radius 3 is 0.985 bits per heavy atom. The molecule has 0 aromatic heterocycles. The number of hydrogen-bond donors (Lipinski definition) is 0. The molecule has 0 bridgehead atoms. The normalized spacial score (nSPS) is 12.8. The second-order valence-electron chi connectivity index (χ2n) is 18.1. The minimum Gasteiger partial charge on any atom is -0.462 e. The molecule has 0 N–H and O–H groups in total. The molecule has 67 heavy (non-hydrogen) atoms. The molecule has 382 valence electrons. The number of esters is 3. The molecule has 6 heteroatoms. The van der Waals surface area contributed by atoms with E-state index in [9.17, 15) is 14.4 Å². The van der Waals surface area contributed by atoms with Crippen LogP contribution < -0.4 is 0 Å². The summed E-state index contributed by atoms with van der Waals surface area (Å²) >= 11 is 0. The van der Waals surface area contributed by atoms with Gasteiger partial charge in [0, 0.05) is 19.3 Å². The van der Waals surface area contributed by atoms with Crippen LogP contribution in [0.3, 0.4) is 0 Å². The van der Waals surface area contributed by atoms with Gasteiger partial charge in [-0.2, -0.15) is 0 Å². The van der Waals surface area contributed by atoms with Gasteiger partial charge in [0.25, 0.3) is 0 Å². The van der Waals surface area contributed by atoms with Crippen molar-refractivity contribution in [3.63, 3.8) is 0 Å². The monoisotopic (exact) mass is 931 g/mol. The van der Waals surface area contributed by atoms with Crippen LogP contribution in [0.1, 0.15) is 252 Å². The van der Waals surface area contributed by atoms with E-state index in [1.165, 1.54) is 77.0 Å². The van der Waals surface area contributed by atoms with Crippen molar-refractivity contribution in [1.29, 1.82) is 0 Å². The summed E-state index contributed by atoms with van der Waals surface area (Å²) in [5, 5.41) is 0. The highest BCUT2D eigenvalue weighted by molar-refractivity contribution is 5.71. The van der Waals surface area contributed by atoms with Crippen molar-refractivity contribution in [2.75, 3.05) is 13.2 Å². The topological polar surface area (TPSA) is 78.9 Å². The Labute approximate surface area is 413 Å². The van der Waals surface area contributed by atoms with Gasteiger partial charge in [0.15, 0.2) is 6.10 Å². The molecule has 0 radical (unpaired) electrons. The van der Waals surface area contributed by atoms with Crippen LogP contribution >= 0.6 is 0 Å². The first-order valence-corrected chi connectivity index (χ1v) is 27.7. The van der Waals surface area contributed by atoms with Crippen molar-refractivity contribution >= 4 is 17.9 Å². The molecule has 0 amide bonds. The van der Waals surface area contributed by atoms with Crippen LogP contribution in [0.25, 0.3) is 0 Å². The maximum absolute atomic E-state index is 12.8. The number of ether oxygens (including phenoxy) is 3. The molecule has 0 saturated carbocycles. The quantitative estimate of drug-likeness (QED) is 0.0262. The van der Waals surface area contributed by atoms with E-state index in [0.29, 0.717) is 19.3 Å². The third-order valence-electron chi connectivity index (χ3n) is 11.5. The fourth-order valence-corrected chi connectivity index (χ4v) is 7.38. The summed E-state index contributed by atoms with van der Waals surface area (Å²) in [7, 11) is 0. The van der Waals surface area contributed by atoms with Gasteiger partial charge in [-0.3, -0.25) is 14.4 Å². The fourth-order valence-electron chi connectivity index (χ4n) is 7.38. The second kappa shape index (κ2) is 54.9. The first-order chi connectivity index (χ1) is 33.0. The highest BCUT2D eigenvalue weighted by Crippen LogP contribution is 2.14. The highest BCUT2D eigenvalue weighted by Gasteiger charge is 2.19. The van der Waals surface area contributed by atoms with Gasteiger partial charge in [0.05, 0.1) is 0 Å². The molecule has 0 saturated heterocycles. The Morgan fingerprint density at radius 2 is 0.612 bits per heavy atom. The largest absolute Gasteiger partial charge is 0.462 e. The summed E-state index contributed by atoms with van der Waals surface area (Å²) in [6.07, 6.45) is 72.5. The van der Waals surface area contributed by atoms with Crippen LogP contribution in [0.2, 0.25) is 0 Å². The maximum Gasteiger partial charge on any atom is 0.306 e. The van der Waals surface area contributed by atoms with E-state index in [4.69, 9.17) is 14.2 Å². The lowest BCUT2D eigenvalue weighted by molar-refractivity contribution is -0.167. The summed E-state index contributed by atoms with van der Waals surface area (Å²) in [6.45, 7) is 6.42. The number of rotatable bonds is 49. The van der Waals surface area contributed by atoms with Crippen molar-refractivity contribution in [2.24, 2.45) is 0 Å². The van der Waals surface area contributed by atoms with E-state index >= 15 is 0 Å². The summed E-state index contributed by atoms with van der Waals surface area (Å²) in [5.41, 5.74) is 0. The second-order valence-corrected chi connectivity index (χ2v) is 18.1. The third kappa shape index (κ3) is 53.2. The van der Waals surface area contributed by atoms with Crippen LogP contribution in [-0.2, 0) is 28.6 Å². The minimum atomic E-state index is -0.793. The average Bonchev–Trinajstić information content (AvgIpc) is 3.33. The summed E-state index contributed by atoms with van der Waals surface area (Å²) in [5.74, 6) is -0.926. The van der Waals surface area contributed by atoms with Gasteiger partial charge >= 0.3 is 17.9 Å². The lowest BCUT2D eigenvalue weighted by Crippen LogP contribution is -2.30. The molecule has 0 spiro atoms. The van der Waals surface area contributed by atoms with Gasteiger partial charge in [-0.05, 0) is 116 Å². The number of carbonyl (C=O) groups is 3. The Kier molecular flexibility index (Phi) is 51.9. The lowest BCUT2D eigenvalue weighted by Gasteiger charge is -2.18. The number of unbranched alkanes of at least 4 members (excludes halogenated alkanes) is 22. The minimum absolute atomic E-state index is 0.0916. The van der Waals surface area contributed by atoms with Crippen LogP contribution in [0, 0.1) is 0 Å². The number of carbonyl (C=O) groups excluding carboxylic acids is 3. The van der Waals surface area contributed by atoms with Crippen LogP contribution in [0.15, 0.2) is 97.2 Å². The van der Waals surface area contributed by atoms with Crippen molar-refractivity contribution < 1.29 is 28.6 Å². The Hall–Kier alpha value is -3.67. The predicted molar refractivity (Wildman–Crippen MR) is 288 cm³/mol. The number of allylic oxidation sites excluding steroid dienone is 16. The third-order valence-corrected chi connectivity index (χ3v) is 11.5. The fraction of sp³-hybridized carbons (Fsp3) is 0.689. The molecule has 6 nitrogen and oxygen atoms in total. The first kappa shape index (κ1) is 63.3. The zero-order chi connectivity index (χ0) is 48.6. The molecule has 0 fully saturated rings. The van der Waals surface area contributed by atoms with Gasteiger partial charge < -0.3 is 14.2 Å². The molecule has 0 aromatic carbocycles. The molecule has 0 aromatic rings. The van der Waals surface area contributed by atoms with Crippen molar-refractivity contribution in [3.05, 3.63) is 97.2 Å². The molecule has 1 unspecified atom stereocenters. The van der Waals surface area contributed by atoms with Gasteiger partial charge in [-0.25, -0.2) is 0 Å². The molecule has 0 heterocycles. The first-order valence-electron chi connectivity index (χ1n) is 27.7. The zero-order valence-electron chi connectivity index (χ0n) is 43.6. The predicted octanol–water partition coefficient (Wildman–Crippen LogP) is 18.5. The van der Waals surface area contributed by atoms with E-state index < -0.39 is 6.10 Å². The Morgan fingerprint density at radius 1 is 0.313 bits per heavy atom. The standard InChI is InChI=1S/C61H102O6/c1-4-7-10-13-16-19-22-25-26-27-28-29-30-31-32-33-34-37-39-42-45-48-51-54-60(63)66-57-58(67-61(64)55-52-49-46-43-40-36-24-21-18-15-12-9-6-3)56-65-59(62)53-50-47-44-41-38-35-23-20-17-14-11-8-5-2/h7,10,12,15-16,19-21,23-26,28-29,31-32,58H,4-6,8-9,11,13-14,17-18,22,27,30,33-57H2,1-3H3/b10-7-,15-12-,19-16-,23-20-,24-21-,26-25-,29-28-,32-31-. The average molecular weight is 931 g/mol. The van der Waals surface area contributed by atoms with E-state index in [1.807, 2.05) is 0 Å². The summed E-state index contributed by atoms with van der Waals surface area (Å²) in [6, 6.07) is 0. The molecule has 0 aliphatic carbocycles. The summed E-state index contributed by atoms with van der Waals surface area (Å²) in [4.78, 5) is 38.1. The van der Waals surface area contributed by atoms with Crippen LogP contribution in [-0.4, -0.2) is 37.2 Å². The highest BCUT2D eigenvalue weighted by atomic mass is 16.6. The van der Waals surface area contributed by atoms with Crippen LogP contribution in [0.4, 0.5) is 0 Å². The molecule has 0 rings (SSSR count). The number of hydrogen-bond acceptors (Lipinski definition) is 6. The molecular formula is C61H102O6. The van der Waals surface area contributed by atoms with Gasteiger partial charge in [-0.15, -0.1) is 0 Å². The van der Waals surface area contributed by atoms with Crippen molar-refractivity contribution in [2.45, 2.75) is 258 Å². The van der Waals surface area contributed by atoms with Crippen molar-refractivity contribution in [1.82, 2.24) is 0 Å². The van der Waals surface area contributed by atoms with Gasteiger partial charge in [0.1, 0.15) is 13.2 Å². The van der Waals surface area contributed by atoms with E-state index in [-0.39, 0.29) is 31.1 Å². The van der Waals surface area contributed by atoms with Gasteiger partial charge in [-0.1, -0.05) is 214 Å². The van der Waals surface area contributed by atoms with E-state index in [2.05, 4.69) is 118 Å². The smallest absolute Gasteiger partial charge is 0.306 e. The zero-order valence-corrected chi connectivity index (χ0v) is 43.6. The van der Waals surface area contributed by atoms with Crippen LogP contribution in [0.5, 0.6) is 0 Å². The SMILES string of the molecule is CC/C=C\C/C=C\C/C=C\C/C=C\C/C=C\CCCCCCCCCC(=O)OCC(COC(=O)CCCCCCC/C=C\CCCCCC)OC(=O)CCCCCCC/C=C\C/C=C\CCC. The maximum atomic E-state index is 12.8. The lowest BCUT2D eigenvalue weighted by atomic mass is 10.1. The van der Waals surface area contributed by atoms with E-state index in [1.54, 1.807) is 0 Å². The summed E-state index contributed by atoms with van der Waals surface area (Å²) < 4.78 is 16.8. The Bertz CT molecular complexity index is 1350. The van der Waals surface area contributed by atoms with E-state index in [0.717, 1.165) is 135 Å². The molecule has 0 aliphatic heterocycles. The molecular weight excluding hydrogens is 829 g/mol. The molecule has 0 aliphatic rings. The Balaban J connectivity index is 4.37. The molecule has 1 atom stereocenters. The van der Waals surface area contributed by atoms with Gasteiger partial charge in [0.2, 0.25) is 0 Å².